The highest BCUT2D eigenvalue weighted by molar-refractivity contribution is 9.10. The summed E-state index contributed by atoms with van der Waals surface area (Å²) in [5.74, 6) is 0.269. The van der Waals surface area contributed by atoms with Gasteiger partial charge in [0, 0.05) is 23.8 Å². The van der Waals surface area contributed by atoms with Crippen LogP contribution in [0.1, 0.15) is 5.69 Å². The minimum atomic E-state index is -0.728. The number of hydrogen-bond acceptors (Lipinski definition) is 3. The maximum Gasteiger partial charge on any atom is 0.162 e. The molecule has 0 saturated heterocycles. The summed E-state index contributed by atoms with van der Waals surface area (Å²) in [6.07, 6.45) is 2.65. The summed E-state index contributed by atoms with van der Waals surface area (Å²) in [6, 6.07) is 8.98. The number of aliphatic imine (C=N–C) groups is 1. The molecule has 6 nitrogen and oxygen atoms in total. The van der Waals surface area contributed by atoms with E-state index in [-0.39, 0.29) is 11.5 Å². The van der Waals surface area contributed by atoms with Gasteiger partial charge in [-0.05, 0) is 30.3 Å². The van der Waals surface area contributed by atoms with Crippen molar-refractivity contribution in [1.29, 1.82) is 5.41 Å². The van der Waals surface area contributed by atoms with Gasteiger partial charge in [-0.1, -0.05) is 15.9 Å². The largest absolute Gasteiger partial charge is 0.491 e. The predicted octanol–water partition coefficient (Wildman–Crippen LogP) is 4.47. The highest BCUT2D eigenvalue weighted by Crippen LogP contribution is 2.34. The predicted molar refractivity (Wildman–Crippen MR) is 111 cm³/mol. The molecule has 0 atom stereocenters. The summed E-state index contributed by atoms with van der Waals surface area (Å²) < 4.78 is 36.2. The van der Waals surface area contributed by atoms with Gasteiger partial charge in [0.05, 0.1) is 17.8 Å². The molecule has 1 aromatic heterocycles. The standard InChI is InChI=1S/C20H16BrF2N5O/c1-27(17-4-3-13(22)9-15(17)23)20(25-11-24)16-10-28-6-7-29-18-5-2-12(21)8-14(18)19(28)26-16/h2-5,8-11,24H,6-7H2,1H3. The van der Waals surface area contributed by atoms with Crippen LogP contribution in [-0.4, -0.2) is 35.4 Å². The van der Waals surface area contributed by atoms with Crippen LogP contribution in [0.25, 0.3) is 11.4 Å². The van der Waals surface area contributed by atoms with Crippen molar-refractivity contribution in [2.24, 2.45) is 4.99 Å². The fourth-order valence-electron chi connectivity index (χ4n) is 3.22. The van der Waals surface area contributed by atoms with Crippen molar-refractivity contribution < 1.29 is 13.5 Å². The molecule has 1 aliphatic rings. The average Bonchev–Trinajstić information content (AvgIpc) is 3.03. The lowest BCUT2D eigenvalue weighted by Gasteiger charge is -2.20. The van der Waals surface area contributed by atoms with Crippen LogP contribution in [0.15, 0.2) is 52.1 Å². The number of benzene rings is 2. The summed E-state index contributed by atoms with van der Waals surface area (Å²) in [6.45, 7) is 1.04. The molecule has 3 aromatic rings. The van der Waals surface area contributed by atoms with Gasteiger partial charge in [-0.2, -0.15) is 0 Å². The van der Waals surface area contributed by atoms with Gasteiger partial charge in [-0.3, -0.25) is 5.41 Å². The van der Waals surface area contributed by atoms with Crippen molar-refractivity contribution in [1.82, 2.24) is 9.55 Å². The number of halogens is 3. The van der Waals surface area contributed by atoms with Gasteiger partial charge in [0.25, 0.3) is 0 Å². The lowest BCUT2D eigenvalue weighted by atomic mass is 10.2. The van der Waals surface area contributed by atoms with Crippen molar-refractivity contribution in [3.63, 3.8) is 0 Å². The Morgan fingerprint density at radius 3 is 2.90 bits per heavy atom. The molecule has 2 heterocycles. The molecule has 0 spiro atoms. The number of fused-ring (bicyclic) bond motifs is 3. The number of ether oxygens (including phenoxy) is 1. The highest BCUT2D eigenvalue weighted by Gasteiger charge is 2.23. The zero-order valence-corrected chi connectivity index (χ0v) is 17.0. The van der Waals surface area contributed by atoms with Gasteiger partial charge in [0.15, 0.2) is 5.84 Å². The van der Waals surface area contributed by atoms with Crippen molar-refractivity contribution in [3.8, 4) is 17.1 Å². The van der Waals surface area contributed by atoms with Gasteiger partial charge in [-0.15, -0.1) is 0 Å². The van der Waals surface area contributed by atoms with Crippen LogP contribution in [0.3, 0.4) is 0 Å². The Hall–Kier alpha value is -3.07. The smallest absolute Gasteiger partial charge is 0.162 e. The van der Waals surface area contributed by atoms with E-state index in [2.05, 4.69) is 20.9 Å². The number of nitrogens with zero attached hydrogens (tertiary/aromatic N) is 4. The van der Waals surface area contributed by atoms with E-state index in [4.69, 9.17) is 15.1 Å². The SMILES string of the molecule is CN(C(=NC=N)c1cn2c(n1)-c1cc(Br)ccc1OCC2)c1ccc(F)cc1F. The van der Waals surface area contributed by atoms with Crippen LogP contribution in [0.2, 0.25) is 0 Å². The van der Waals surface area contributed by atoms with Crippen LogP contribution in [0, 0.1) is 17.0 Å². The summed E-state index contributed by atoms with van der Waals surface area (Å²) in [4.78, 5) is 10.2. The number of nitrogens with one attached hydrogen (secondary N) is 1. The Kier molecular flexibility index (Phi) is 5.14. The second kappa shape index (κ2) is 7.75. The zero-order valence-electron chi connectivity index (χ0n) is 15.4. The molecule has 9 heteroatoms. The van der Waals surface area contributed by atoms with E-state index in [9.17, 15) is 8.78 Å². The van der Waals surface area contributed by atoms with Gasteiger partial charge in [0.2, 0.25) is 0 Å². The number of hydrogen-bond donors (Lipinski definition) is 1. The third-order valence-corrected chi connectivity index (χ3v) is 5.05. The Balaban J connectivity index is 1.81. The minimum Gasteiger partial charge on any atom is -0.491 e. The molecule has 0 aliphatic carbocycles. The first-order valence-corrected chi connectivity index (χ1v) is 9.53. The molecular weight excluding hydrogens is 444 g/mol. The van der Waals surface area contributed by atoms with Crippen LogP contribution in [-0.2, 0) is 6.54 Å². The van der Waals surface area contributed by atoms with E-state index in [1.165, 1.54) is 17.0 Å². The molecule has 0 saturated carbocycles. The van der Waals surface area contributed by atoms with Crippen molar-refractivity contribution in [2.45, 2.75) is 6.54 Å². The third-order valence-electron chi connectivity index (χ3n) is 4.55. The quantitative estimate of drug-likeness (QED) is 0.463. The van der Waals surface area contributed by atoms with E-state index < -0.39 is 11.6 Å². The highest BCUT2D eigenvalue weighted by atomic mass is 79.9. The number of rotatable bonds is 3. The van der Waals surface area contributed by atoms with E-state index >= 15 is 0 Å². The summed E-state index contributed by atoms with van der Waals surface area (Å²) >= 11 is 3.47. The topological polar surface area (TPSA) is 66.5 Å². The third kappa shape index (κ3) is 3.65. The fourth-order valence-corrected chi connectivity index (χ4v) is 3.58. The number of aromatic nitrogens is 2. The van der Waals surface area contributed by atoms with E-state index in [0.717, 1.165) is 22.4 Å². The van der Waals surface area contributed by atoms with E-state index in [1.54, 1.807) is 13.2 Å². The lowest BCUT2D eigenvalue weighted by molar-refractivity contribution is 0.306. The molecule has 4 rings (SSSR count). The molecule has 148 valence electrons. The Bertz CT molecular complexity index is 1130. The number of amidine groups is 1. The van der Waals surface area contributed by atoms with E-state index in [1.807, 2.05) is 22.8 Å². The molecule has 29 heavy (non-hydrogen) atoms. The van der Waals surface area contributed by atoms with Crippen LogP contribution in [0.4, 0.5) is 14.5 Å². The van der Waals surface area contributed by atoms with Crippen molar-refractivity contribution in [3.05, 3.63) is 64.4 Å². The fraction of sp³-hybridized carbons (Fsp3) is 0.150. The van der Waals surface area contributed by atoms with Gasteiger partial charge < -0.3 is 14.2 Å². The summed E-state index contributed by atoms with van der Waals surface area (Å²) in [5, 5.41) is 7.42. The van der Waals surface area contributed by atoms with Crippen LogP contribution in [0.5, 0.6) is 5.75 Å². The van der Waals surface area contributed by atoms with Crippen LogP contribution >= 0.6 is 15.9 Å². The van der Waals surface area contributed by atoms with Gasteiger partial charge >= 0.3 is 0 Å². The summed E-state index contributed by atoms with van der Waals surface area (Å²) in [7, 11) is 1.59. The first-order chi connectivity index (χ1) is 14.0. The Morgan fingerprint density at radius 2 is 2.14 bits per heavy atom. The molecule has 2 aromatic carbocycles. The molecule has 0 unspecified atom stereocenters. The van der Waals surface area contributed by atoms with E-state index in [0.29, 0.717) is 30.4 Å². The molecule has 1 N–H and O–H groups in total. The first kappa shape index (κ1) is 19.3. The zero-order chi connectivity index (χ0) is 20.5. The monoisotopic (exact) mass is 459 g/mol. The summed E-state index contributed by atoms with van der Waals surface area (Å²) in [5.41, 5.74) is 1.40. The minimum absolute atomic E-state index is 0.127. The van der Waals surface area contributed by atoms with Crippen molar-refractivity contribution >= 4 is 33.8 Å². The molecule has 0 fully saturated rings. The first-order valence-electron chi connectivity index (χ1n) is 8.73. The second-order valence-electron chi connectivity index (χ2n) is 6.37. The molecule has 0 radical (unpaired) electrons. The second-order valence-corrected chi connectivity index (χ2v) is 7.28. The maximum absolute atomic E-state index is 14.3. The molecule has 1 aliphatic heterocycles. The van der Waals surface area contributed by atoms with Crippen LogP contribution < -0.4 is 9.64 Å². The Morgan fingerprint density at radius 1 is 1.31 bits per heavy atom. The number of imidazole rings is 1. The van der Waals surface area contributed by atoms with Crippen molar-refractivity contribution in [2.75, 3.05) is 18.6 Å². The molecular formula is C20H16BrF2N5O. The lowest BCUT2D eigenvalue weighted by Crippen LogP contribution is -2.28. The van der Waals surface area contributed by atoms with Gasteiger partial charge in [0.1, 0.15) is 41.8 Å². The molecule has 0 bridgehead atoms. The molecule has 0 amide bonds. The Labute approximate surface area is 174 Å². The number of anilines is 1. The maximum atomic E-state index is 14.3. The normalized spacial score (nSPS) is 13.2. The van der Waals surface area contributed by atoms with Gasteiger partial charge in [-0.25, -0.2) is 18.8 Å². The average molecular weight is 460 g/mol.